The van der Waals surface area contributed by atoms with Crippen LogP contribution in [0, 0.1) is 0 Å². The zero-order valence-corrected chi connectivity index (χ0v) is 26.7. The van der Waals surface area contributed by atoms with E-state index in [9.17, 15) is 19.2 Å². The molecular weight excluding hydrogens is 609 g/mol. The molecular formula is C30H32N4O4S4. The molecule has 2 aromatic carbocycles. The number of hydrogen-bond acceptors (Lipinski definition) is 8. The van der Waals surface area contributed by atoms with Gasteiger partial charge in [0.1, 0.15) is 8.64 Å². The Morgan fingerprint density at radius 3 is 1.45 bits per heavy atom. The molecule has 0 unspecified atom stereocenters. The first-order valence-electron chi connectivity index (χ1n) is 13.8. The molecule has 2 aliphatic rings. The predicted octanol–water partition coefficient (Wildman–Crippen LogP) is 5.88. The van der Waals surface area contributed by atoms with Crippen LogP contribution >= 0.6 is 48.0 Å². The molecule has 2 fully saturated rings. The van der Waals surface area contributed by atoms with Gasteiger partial charge in [-0.2, -0.15) is 0 Å². The number of carbonyl (C=O) groups is 4. The first-order valence-corrected chi connectivity index (χ1v) is 16.3. The smallest absolute Gasteiger partial charge is 0.267 e. The highest BCUT2D eigenvalue weighted by molar-refractivity contribution is 8.29. The maximum Gasteiger partial charge on any atom is 0.267 e. The van der Waals surface area contributed by atoms with E-state index < -0.39 is 0 Å². The van der Waals surface area contributed by atoms with Crippen molar-refractivity contribution in [2.75, 3.05) is 23.7 Å². The average molecular weight is 641 g/mol. The molecule has 2 saturated heterocycles. The molecule has 0 aliphatic carbocycles. The van der Waals surface area contributed by atoms with Gasteiger partial charge in [0.2, 0.25) is 11.8 Å². The van der Waals surface area contributed by atoms with E-state index in [4.69, 9.17) is 24.4 Å². The summed E-state index contributed by atoms with van der Waals surface area (Å²) in [4.78, 5) is 54.8. The highest BCUT2D eigenvalue weighted by Gasteiger charge is 2.41. The fourth-order valence-electron chi connectivity index (χ4n) is 4.58. The van der Waals surface area contributed by atoms with Gasteiger partial charge < -0.3 is 10.6 Å². The number of anilines is 2. The maximum atomic E-state index is 13.2. The molecule has 12 heteroatoms. The Kier molecular flexibility index (Phi) is 11.3. The summed E-state index contributed by atoms with van der Waals surface area (Å²) >= 11 is 13.0. The Labute approximate surface area is 265 Å². The van der Waals surface area contributed by atoms with Crippen molar-refractivity contribution in [2.45, 2.75) is 52.4 Å². The highest BCUT2D eigenvalue weighted by atomic mass is 32.2. The molecule has 2 aliphatic heterocycles. The Bertz CT molecular complexity index is 1350. The largest absolute Gasteiger partial charge is 0.326 e. The van der Waals surface area contributed by atoms with Crippen molar-refractivity contribution >= 4 is 91.6 Å². The van der Waals surface area contributed by atoms with Crippen molar-refractivity contribution in [1.82, 2.24) is 9.80 Å². The summed E-state index contributed by atoms with van der Waals surface area (Å²) in [7, 11) is 0. The molecule has 2 heterocycles. The summed E-state index contributed by atoms with van der Waals surface area (Å²) in [5.41, 5.74) is 3.70. The van der Waals surface area contributed by atoms with Crippen molar-refractivity contribution < 1.29 is 19.2 Å². The third kappa shape index (κ3) is 7.66. The Hall–Kier alpha value is -3.06. The lowest BCUT2D eigenvalue weighted by molar-refractivity contribution is -0.124. The molecule has 4 rings (SSSR count). The minimum Gasteiger partial charge on any atom is -0.326 e. The number of rotatable bonds is 12. The summed E-state index contributed by atoms with van der Waals surface area (Å²) in [6.07, 6.45) is 2.91. The summed E-state index contributed by atoms with van der Waals surface area (Å²) in [5.74, 6) is -0.969. The topological polar surface area (TPSA) is 98.8 Å². The minimum absolute atomic E-state index is 0.134. The van der Waals surface area contributed by atoms with Gasteiger partial charge in [0, 0.05) is 37.3 Å². The molecule has 0 saturated carbocycles. The van der Waals surface area contributed by atoms with Crippen molar-refractivity contribution in [3.8, 4) is 0 Å². The van der Waals surface area contributed by atoms with Crippen LogP contribution in [0.4, 0.5) is 11.4 Å². The van der Waals surface area contributed by atoms with Gasteiger partial charge in [-0.1, -0.05) is 98.2 Å². The molecule has 2 aromatic rings. The number of nitrogens with one attached hydrogen (secondary N) is 2. The molecule has 0 aromatic heterocycles. The van der Waals surface area contributed by atoms with E-state index in [0.717, 1.165) is 58.9 Å². The molecule has 0 atom stereocenters. The molecule has 220 valence electrons. The number of thioether (sulfide) groups is 2. The van der Waals surface area contributed by atoms with Gasteiger partial charge in [0.15, 0.2) is 0 Å². The van der Waals surface area contributed by atoms with Gasteiger partial charge in [0.25, 0.3) is 11.8 Å². The van der Waals surface area contributed by atoms with E-state index >= 15 is 0 Å². The second kappa shape index (κ2) is 14.9. The average Bonchev–Trinajstić information content (AvgIpc) is 3.42. The van der Waals surface area contributed by atoms with Crippen LogP contribution in [0.25, 0.3) is 0 Å². The number of hydrogen-bond donors (Lipinski definition) is 2. The third-order valence-electron chi connectivity index (χ3n) is 6.82. The van der Waals surface area contributed by atoms with Gasteiger partial charge in [-0.25, -0.2) is 0 Å². The Morgan fingerprint density at radius 2 is 1.07 bits per heavy atom. The number of para-hydroxylation sites is 2. The zero-order valence-electron chi connectivity index (χ0n) is 23.4. The monoisotopic (exact) mass is 640 g/mol. The van der Waals surface area contributed by atoms with Crippen molar-refractivity contribution in [3.63, 3.8) is 0 Å². The fraction of sp³-hybridized carbons (Fsp3) is 0.333. The SMILES string of the molecule is CCc1ccccc1NC(=O)CCCN1C(=O)C(=C2SC(=S)N(CCCC(=O)Nc3ccccc3CC)C2=O)SC1=S. The van der Waals surface area contributed by atoms with Crippen LogP contribution in [0.5, 0.6) is 0 Å². The Balaban J connectivity index is 1.28. The van der Waals surface area contributed by atoms with Crippen LogP contribution in [0.3, 0.4) is 0 Å². The number of amides is 4. The van der Waals surface area contributed by atoms with E-state index in [0.29, 0.717) is 21.5 Å². The number of nitrogens with zero attached hydrogens (tertiary/aromatic N) is 2. The summed E-state index contributed by atoms with van der Waals surface area (Å²) < 4.78 is 0.696. The number of benzene rings is 2. The normalized spacial score (nSPS) is 16.9. The molecule has 2 N–H and O–H groups in total. The lowest BCUT2D eigenvalue weighted by Gasteiger charge is -2.15. The fourth-order valence-corrected chi connectivity index (χ4v) is 7.35. The summed E-state index contributed by atoms with van der Waals surface area (Å²) in [6, 6.07) is 15.3. The summed E-state index contributed by atoms with van der Waals surface area (Å²) in [6.45, 7) is 4.60. The van der Waals surface area contributed by atoms with Crippen LogP contribution in [0.1, 0.15) is 50.7 Å². The second-order valence-corrected chi connectivity index (χ2v) is 12.9. The standard InChI is InChI=1S/C30H32N4O4S4/c1-3-19-11-5-7-13-21(19)31-23(35)15-9-17-33-27(37)25(41-29(33)39)26-28(38)34(30(40)42-26)18-10-16-24(36)32-22-14-8-6-12-20(22)4-2/h5-8,11-14H,3-4,9-10,15-18H2,1-2H3,(H,31,35)(H,32,36). The van der Waals surface area contributed by atoms with E-state index in [2.05, 4.69) is 10.6 Å². The van der Waals surface area contributed by atoms with E-state index in [1.165, 1.54) is 9.80 Å². The van der Waals surface area contributed by atoms with Gasteiger partial charge in [-0.15, -0.1) is 0 Å². The first kappa shape index (κ1) is 31.9. The van der Waals surface area contributed by atoms with Crippen molar-refractivity contribution in [2.24, 2.45) is 0 Å². The van der Waals surface area contributed by atoms with E-state index in [1.54, 1.807) is 0 Å². The molecule has 0 spiro atoms. The highest BCUT2D eigenvalue weighted by Crippen LogP contribution is 2.42. The first-order chi connectivity index (χ1) is 20.2. The van der Waals surface area contributed by atoms with Gasteiger partial charge in [0.05, 0.1) is 9.81 Å². The summed E-state index contributed by atoms with van der Waals surface area (Å²) in [5, 5.41) is 5.87. The van der Waals surface area contributed by atoms with Crippen LogP contribution in [0.15, 0.2) is 58.3 Å². The van der Waals surface area contributed by atoms with Crippen LogP contribution < -0.4 is 10.6 Å². The quantitative estimate of drug-likeness (QED) is 0.219. The predicted molar refractivity (Wildman–Crippen MR) is 178 cm³/mol. The van der Waals surface area contributed by atoms with Crippen molar-refractivity contribution in [1.29, 1.82) is 0 Å². The van der Waals surface area contributed by atoms with Crippen LogP contribution in [0.2, 0.25) is 0 Å². The van der Waals surface area contributed by atoms with Crippen LogP contribution in [-0.4, -0.2) is 55.2 Å². The second-order valence-electron chi connectivity index (χ2n) is 9.63. The molecule has 42 heavy (non-hydrogen) atoms. The lowest BCUT2D eigenvalue weighted by Crippen LogP contribution is -2.31. The van der Waals surface area contributed by atoms with Gasteiger partial charge >= 0.3 is 0 Å². The lowest BCUT2D eigenvalue weighted by atomic mass is 10.1. The Morgan fingerprint density at radius 1 is 0.690 bits per heavy atom. The van der Waals surface area contributed by atoms with E-state index in [-0.39, 0.29) is 59.4 Å². The molecule has 4 amide bonds. The zero-order chi connectivity index (χ0) is 30.2. The number of carbonyl (C=O) groups excluding carboxylic acids is 4. The molecule has 0 bridgehead atoms. The third-order valence-corrected chi connectivity index (χ3v) is 9.85. The van der Waals surface area contributed by atoms with Crippen molar-refractivity contribution in [3.05, 3.63) is 69.5 Å². The maximum absolute atomic E-state index is 13.2. The van der Waals surface area contributed by atoms with Crippen LogP contribution in [-0.2, 0) is 32.0 Å². The van der Waals surface area contributed by atoms with E-state index in [1.807, 2.05) is 62.4 Å². The number of aryl methyl sites for hydroxylation is 2. The molecule has 8 nitrogen and oxygen atoms in total. The van der Waals surface area contributed by atoms with Gasteiger partial charge in [-0.3, -0.25) is 29.0 Å². The number of thiocarbonyl (C=S) groups is 2. The van der Waals surface area contributed by atoms with Gasteiger partial charge in [-0.05, 0) is 48.9 Å². The molecule has 0 radical (unpaired) electrons. The minimum atomic E-state index is -0.351.